The van der Waals surface area contributed by atoms with Gasteiger partial charge in [0, 0.05) is 18.6 Å². The molecule has 1 atom stereocenters. The third-order valence-corrected chi connectivity index (χ3v) is 4.44. The van der Waals surface area contributed by atoms with Gasteiger partial charge in [-0.2, -0.15) is 0 Å². The molecule has 0 radical (unpaired) electrons. The second-order valence-corrected chi connectivity index (χ2v) is 6.84. The normalized spacial score (nSPS) is 27.9. The molecule has 3 N–H and O–H groups in total. The number of rotatable bonds is 4. The molecule has 1 aliphatic carbocycles. The SMILES string of the molecule is CC1CCCN(C(C)(C)CNC(=O)C2(N)CC2)C1. The molecule has 2 rings (SSSR count). The summed E-state index contributed by atoms with van der Waals surface area (Å²) in [5, 5.41) is 3.03. The van der Waals surface area contributed by atoms with E-state index in [9.17, 15) is 4.79 Å². The van der Waals surface area contributed by atoms with Crippen LogP contribution in [0, 0.1) is 5.92 Å². The van der Waals surface area contributed by atoms with Gasteiger partial charge in [-0.15, -0.1) is 0 Å². The fourth-order valence-corrected chi connectivity index (χ4v) is 2.69. The average molecular weight is 253 g/mol. The van der Waals surface area contributed by atoms with Crippen LogP contribution in [-0.2, 0) is 4.79 Å². The van der Waals surface area contributed by atoms with Crippen LogP contribution in [0.5, 0.6) is 0 Å². The summed E-state index contributed by atoms with van der Waals surface area (Å²) in [5.41, 5.74) is 5.37. The molecule has 2 aliphatic rings. The zero-order valence-electron chi connectivity index (χ0n) is 12.0. The van der Waals surface area contributed by atoms with Crippen LogP contribution in [0.4, 0.5) is 0 Å². The Kier molecular flexibility index (Phi) is 3.70. The van der Waals surface area contributed by atoms with Crippen molar-refractivity contribution < 1.29 is 4.79 Å². The summed E-state index contributed by atoms with van der Waals surface area (Å²) in [7, 11) is 0. The molecule has 0 aromatic carbocycles. The lowest BCUT2D eigenvalue weighted by atomic mass is 9.93. The highest BCUT2D eigenvalue weighted by Crippen LogP contribution is 2.32. The van der Waals surface area contributed by atoms with Gasteiger partial charge in [-0.1, -0.05) is 6.92 Å². The first-order valence-corrected chi connectivity index (χ1v) is 7.16. The number of piperidine rings is 1. The van der Waals surface area contributed by atoms with Gasteiger partial charge in [0.1, 0.15) is 0 Å². The molecule has 1 aliphatic heterocycles. The van der Waals surface area contributed by atoms with Crippen molar-refractivity contribution in [3.63, 3.8) is 0 Å². The van der Waals surface area contributed by atoms with Gasteiger partial charge < -0.3 is 11.1 Å². The van der Waals surface area contributed by atoms with E-state index in [2.05, 4.69) is 31.0 Å². The van der Waals surface area contributed by atoms with Gasteiger partial charge in [0.15, 0.2) is 0 Å². The van der Waals surface area contributed by atoms with Crippen molar-refractivity contribution in [3.8, 4) is 0 Å². The summed E-state index contributed by atoms with van der Waals surface area (Å²) in [6.45, 7) is 9.69. The van der Waals surface area contributed by atoms with Crippen molar-refractivity contribution in [2.45, 2.75) is 57.5 Å². The molecule has 0 spiro atoms. The Morgan fingerprint density at radius 3 is 2.72 bits per heavy atom. The van der Waals surface area contributed by atoms with Crippen LogP contribution in [-0.4, -0.2) is 41.5 Å². The fourth-order valence-electron chi connectivity index (χ4n) is 2.69. The van der Waals surface area contributed by atoms with E-state index in [-0.39, 0.29) is 11.4 Å². The Morgan fingerprint density at radius 1 is 1.50 bits per heavy atom. The highest BCUT2D eigenvalue weighted by molar-refractivity contribution is 5.89. The maximum Gasteiger partial charge on any atom is 0.240 e. The zero-order valence-corrected chi connectivity index (χ0v) is 12.0. The van der Waals surface area contributed by atoms with Crippen LogP contribution in [0.1, 0.15) is 46.5 Å². The molecule has 0 aromatic heterocycles. The molecule has 1 amide bonds. The number of nitrogens with one attached hydrogen (secondary N) is 1. The van der Waals surface area contributed by atoms with Gasteiger partial charge in [0.2, 0.25) is 5.91 Å². The highest BCUT2D eigenvalue weighted by atomic mass is 16.2. The average Bonchev–Trinajstić information content (AvgIpc) is 3.06. The topological polar surface area (TPSA) is 58.4 Å². The molecular weight excluding hydrogens is 226 g/mol. The van der Waals surface area contributed by atoms with Crippen molar-refractivity contribution in [1.82, 2.24) is 10.2 Å². The molecule has 0 bridgehead atoms. The fraction of sp³-hybridized carbons (Fsp3) is 0.929. The molecule has 1 saturated carbocycles. The molecule has 1 heterocycles. The minimum Gasteiger partial charge on any atom is -0.353 e. The summed E-state index contributed by atoms with van der Waals surface area (Å²) < 4.78 is 0. The highest BCUT2D eigenvalue weighted by Gasteiger charge is 2.46. The standard InChI is InChI=1S/C14H27N3O/c1-11-5-4-8-17(9-11)13(2,3)10-16-12(18)14(15)6-7-14/h11H,4-10,15H2,1-3H3,(H,16,18). The Morgan fingerprint density at radius 2 is 2.17 bits per heavy atom. The summed E-state index contributed by atoms with van der Waals surface area (Å²) in [5.74, 6) is 0.790. The summed E-state index contributed by atoms with van der Waals surface area (Å²) in [4.78, 5) is 14.4. The van der Waals surface area contributed by atoms with Crippen molar-refractivity contribution in [3.05, 3.63) is 0 Å². The zero-order chi connectivity index (χ0) is 13.4. The largest absolute Gasteiger partial charge is 0.353 e. The summed E-state index contributed by atoms with van der Waals surface area (Å²) >= 11 is 0. The van der Waals surface area contributed by atoms with E-state index >= 15 is 0 Å². The maximum atomic E-state index is 11.9. The lowest BCUT2D eigenvalue weighted by Crippen LogP contribution is -2.56. The van der Waals surface area contributed by atoms with Crippen LogP contribution in [0.15, 0.2) is 0 Å². The van der Waals surface area contributed by atoms with Crippen molar-refractivity contribution >= 4 is 5.91 Å². The molecule has 18 heavy (non-hydrogen) atoms. The van der Waals surface area contributed by atoms with E-state index in [1.165, 1.54) is 12.8 Å². The van der Waals surface area contributed by atoms with Crippen LogP contribution in [0.3, 0.4) is 0 Å². The number of carbonyl (C=O) groups excluding carboxylic acids is 1. The van der Waals surface area contributed by atoms with E-state index in [1.54, 1.807) is 0 Å². The lowest BCUT2D eigenvalue weighted by Gasteiger charge is -2.43. The quantitative estimate of drug-likeness (QED) is 0.789. The number of likely N-dealkylation sites (tertiary alicyclic amines) is 1. The first-order chi connectivity index (χ1) is 8.33. The van der Waals surface area contributed by atoms with E-state index < -0.39 is 5.54 Å². The second kappa shape index (κ2) is 4.82. The number of hydrogen-bond donors (Lipinski definition) is 2. The molecule has 4 heteroatoms. The second-order valence-electron chi connectivity index (χ2n) is 6.84. The first kappa shape index (κ1) is 13.8. The van der Waals surface area contributed by atoms with Gasteiger partial charge >= 0.3 is 0 Å². The van der Waals surface area contributed by atoms with E-state index in [1.807, 2.05) is 0 Å². The Labute approximate surface area is 110 Å². The first-order valence-electron chi connectivity index (χ1n) is 7.16. The van der Waals surface area contributed by atoms with Gasteiger partial charge in [-0.05, 0) is 52.0 Å². The summed E-state index contributed by atoms with van der Waals surface area (Å²) in [6, 6.07) is 0. The van der Waals surface area contributed by atoms with Crippen molar-refractivity contribution in [2.24, 2.45) is 11.7 Å². The van der Waals surface area contributed by atoms with E-state index in [4.69, 9.17) is 5.73 Å². The van der Waals surface area contributed by atoms with Crippen molar-refractivity contribution in [2.75, 3.05) is 19.6 Å². The van der Waals surface area contributed by atoms with Gasteiger partial charge in [0.25, 0.3) is 0 Å². The molecule has 104 valence electrons. The Balaban J connectivity index is 1.84. The number of nitrogens with two attached hydrogens (primary N) is 1. The Bertz CT molecular complexity index is 323. The third-order valence-electron chi connectivity index (χ3n) is 4.44. The van der Waals surface area contributed by atoms with Crippen molar-refractivity contribution in [1.29, 1.82) is 0 Å². The van der Waals surface area contributed by atoms with E-state index in [0.717, 1.165) is 31.8 Å². The minimum absolute atomic E-state index is 0.0234. The maximum absolute atomic E-state index is 11.9. The van der Waals surface area contributed by atoms with Gasteiger partial charge in [-0.25, -0.2) is 0 Å². The predicted octanol–water partition coefficient (Wildman–Crippen LogP) is 1.10. The Hall–Kier alpha value is -0.610. The number of nitrogens with zero attached hydrogens (tertiary/aromatic N) is 1. The molecular formula is C14H27N3O. The summed E-state index contributed by atoms with van der Waals surface area (Å²) in [6.07, 6.45) is 4.25. The van der Waals surface area contributed by atoms with Gasteiger partial charge in [-0.3, -0.25) is 9.69 Å². The molecule has 0 aromatic rings. The number of hydrogen-bond acceptors (Lipinski definition) is 3. The third kappa shape index (κ3) is 3.04. The smallest absolute Gasteiger partial charge is 0.240 e. The van der Waals surface area contributed by atoms with Crippen LogP contribution >= 0.6 is 0 Å². The molecule has 2 fully saturated rings. The van der Waals surface area contributed by atoms with Crippen LogP contribution in [0.2, 0.25) is 0 Å². The van der Waals surface area contributed by atoms with Gasteiger partial charge in [0.05, 0.1) is 5.54 Å². The lowest BCUT2D eigenvalue weighted by molar-refractivity contribution is -0.123. The monoisotopic (exact) mass is 253 g/mol. The molecule has 1 unspecified atom stereocenters. The number of amides is 1. The number of carbonyl (C=O) groups is 1. The van der Waals surface area contributed by atoms with E-state index in [0.29, 0.717) is 6.54 Å². The predicted molar refractivity (Wildman–Crippen MR) is 73.2 cm³/mol. The molecule has 4 nitrogen and oxygen atoms in total. The minimum atomic E-state index is -0.550. The van der Waals surface area contributed by atoms with Crippen LogP contribution < -0.4 is 11.1 Å². The molecule has 1 saturated heterocycles. The van der Waals surface area contributed by atoms with Crippen LogP contribution in [0.25, 0.3) is 0 Å².